The van der Waals surface area contributed by atoms with E-state index in [-0.39, 0.29) is 12.0 Å². The monoisotopic (exact) mass is 221 g/mol. The van der Waals surface area contributed by atoms with Gasteiger partial charge >= 0.3 is 0 Å². The summed E-state index contributed by atoms with van der Waals surface area (Å²) in [6, 6.07) is 6.75. The van der Waals surface area contributed by atoms with Gasteiger partial charge in [-0.3, -0.25) is 4.79 Å². The minimum absolute atomic E-state index is 0.116. The zero-order chi connectivity index (χ0) is 11.3. The molecule has 0 radical (unpaired) electrons. The summed E-state index contributed by atoms with van der Waals surface area (Å²) < 4.78 is 5.43. The van der Waals surface area contributed by atoms with Gasteiger partial charge in [-0.05, 0) is 50.3 Å². The van der Waals surface area contributed by atoms with Crippen molar-refractivity contribution >= 4 is 23.3 Å². The zero-order valence-electron chi connectivity index (χ0n) is 8.56. The van der Waals surface area contributed by atoms with Gasteiger partial charge in [-0.2, -0.15) is 4.99 Å². The first-order valence-corrected chi connectivity index (χ1v) is 4.93. The van der Waals surface area contributed by atoms with Crippen molar-refractivity contribution < 1.29 is 9.53 Å². The molecule has 0 fully saturated rings. The van der Waals surface area contributed by atoms with Gasteiger partial charge in [0.1, 0.15) is 5.75 Å². The van der Waals surface area contributed by atoms with Crippen LogP contribution in [0.2, 0.25) is 0 Å². The van der Waals surface area contributed by atoms with Gasteiger partial charge in [-0.25, -0.2) is 0 Å². The molecule has 4 heteroatoms. The maximum atomic E-state index is 11.2. The van der Waals surface area contributed by atoms with Gasteiger partial charge in [0.15, 0.2) is 0 Å². The number of isothiocyanates is 1. The Bertz CT molecular complexity index is 392. The second kappa shape index (κ2) is 5.39. The molecule has 0 saturated heterocycles. The van der Waals surface area contributed by atoms with Gasteiger partial charge < -0.3 is 4.74 Å². The number of carbonyl (C=O) groups excluding carboxylic acids is 1. The summed E-state index contributed by atoms with van der Waals surface area (Å²) in [6.45, 7) is 3.88. The number of hydrogen-bond acceptors (Lipinski definition) is 3. The third kappa shape index (κ3) is 3.62. The first-order chi connectivity index (χ1) is 7.13. The lowest BCUT2D eigenvalue weighted by Crippen LogP contribution is -2.05. The lowest BCUT2D eigenvalue weighted by molar-refractivity contribution is 0.100. The minimum Gasteiger partial charge on any atom is -0.491 e. The van der Waals surface area contributed by atoms with Crippen molar-refractivity contribution in [1.82, 2.24) is 0 Å². The number of ether oxygens (including phenoxy) is 1. The van der Waals surface area contributed by atoms with Crippen LogP contribution in [0.3, 0.4) is 0 Å². The first-order valence-electron chi connectivity index (χ1n) is 4.52. The molecule has 0 N–H and O–H groups in total. The summed E-state index contributed by atoms with van der Waals surface area (Å²) in [7, 11) is 0. The summed E-state index contributed by atoms with van der Waals surface area (Å²) in [5, 5.41) is 2.04. The van der Waals surface area contributed by atoms with E-state index in [1.54, 1.807) is 24.3 Å². The third-order valence-electron chi connectivity index (χ3n) is 1.62. The van der Waals surface area contributed by atoms with Crippen molar-refractivity contribution in [3.8, 4) is 5.75 Å². The molecule has 0 aliphatic rings. The summed E-state index contributed by atoms with van der Waals surface area (Å²) in [6.07, 6.45) is 0.116. The molecule has 0 spiro atoms. The van der Waals surface area contributed by atoms with E-state index in [0.29, 0.717) is 5.56 Å². The number of hydrogen-bond donors (Lipinski definition) is 0. The highest BCUT2D eigenvalue weighted by Gasteiger charge is 2.03. The molecule has 0 unspecified atom stereocenters. The summed E-state index contributed by atoms with van der Waals surface area (Å²) >= 11 is 4.35. The largest absolute Gasteiger partial charge is 0.491 e. The third-order valence-corrected chi connectivity index (χ3v) is 1.71. The Morgan fingerprint density at radius 3 is 2.47 bits per heavy atom. The van der Waals surface area contributed by atoms with Crippen LogP contribution in [0.15, 0.2) is 29.3 Å². The fourth-order valence-corrected chi connectivity index (χ4v) is 1.14. The average Bonchev–Trinajstić information content (AvgIpc) is 2.18. The van der Waals surface area contributed by atoms with E-state index >= 15 is 0 Å². The van der Waals surface area contributed by atoms with E-state index in [1.807, 2.05) is 19.0 Å². The Labute approximate surface area is 93.8 Å². The minimum atomic E-state index is -0.388. The highest BCUT2D eigenvalue weighted by atomic mass is 32.1. The fourth-order valence-electron chi connectivity index (χ4n) is 1.05. The quantitative estimate of drug-likeness (QED) is 0.582. The number of benzene rings is 1. The molecule has 78 valence electrons. The van der Waals surface area contributed by atoms with Crippen LogP contribution in [-0.2, 0) is 0 Å². The maximum Gasteiger partial charge on any atom is 0.285 e. The lowest BCUT2D eigenvalue weighted by atomic mass is 10.2. The van der Waals surface area contributed by atoms with E-state index in [0.717, 1.165) is 5.75 Å². The predicted molar refractivity (Wildman–Crippen MR) is 61.6 cm³/mol. The van der Waals surface area contributed by atoms with Crippen LogP contribution in [-0.4, -0.2) is 17.2 Å². The lowest BCUT2D eigenvalue weighted by Gasteiger charge is -2.09. The molecule has 0 bridgehead atoms. The Kier molecular flexibility index (Phi) is 4.16. The predicted octanol–water partition coefficient (Wildman–Crippen LogP) is 2.72. The average molecular weight is 221 g/mol. The Morgan fingerprint density at radius 2 is 2.00 bits per heavy atom. The highest BCUT2D eigenvalue weighted by Crippen LogP contribution is 2.14. The summed E-state index contributed by atoms with van der Waals surface area (Å²) in [5.74, 6) is 0.342. The Morgan fingerprint density at radius 1 is 1.40 bits per heavy atom. The summed E-state index contributed by atoms with van der Waals surface area (Å²) in [4.78, 5) is 14.6. The Balaban J connectivity index is 2.80. The van der Waals surface area contributed by atoms with Crippen molar-refractivity contribution in [1.29, 1.82) is 0 Å². The number of amides is 1. The molecule has 1 rings (SSSR count). The smallest absolute Gasteiger partial charge is 0.285 e. The van der Waals surface area contributed by atoms with Crippen LogP contribution in [0, 0.1) is 0 Å². The second-order valence-electron chi connectivity index (χ2n) is 3.20. The van der Waals surface area contributed by atoms with Gasteiger partial charge in [0.05, 0.1) is 11.3 Å². The molecule has 0 aliphatic heterocycles. The first kappa shape index (κ1) is 11.6. The van der Waals surface area contributed by atoms with Crippen molar-refractivity contribution in [2.75, 3.05) is 0 Å². The van der Waals surface area contributed by atoms with Gasteiger partial charge in [0.25, 0.3) is 5.91 Å². The van der Waals surface area contributed by atoms with Crippen molar-refractivity contribution in [3.63, 3.8) is 0 Å². The van der Waals surface area contributed by atoms with Crippen LogP contribution in [0.25, 0.3) is 0 Å². The standard InChI is InChI=1S/C11H11NO2S/c1-8(2)14-10-5-3-9(4-6-10)11(13)12-7-15/h3-6,8H,1-2H3. The van der Waals surface area contributed by atoms with Crippen LogP contribution in [0.1, 0.15) is 24.2 Å². The van der Waals surface area contributed by atoms with Crippen molar-refractivity contribution in [2.24, 2.45) is 4.99 Å². The molecule has 0 saturated carbocycles. The number of thiocarbonyl (C=S) groups is 1. The fraction of sp³-hybridized carbons (Fsp3) is 0.273. The van der Waals surface area contributed by atoms with E-state index in [2.05, 4.69) is 17.2 Å². The topological polar surface area (TPSA) is 38.7 Å². The number of rotatable bonds is 3. The van der Waals surface area contributed by atoms with E-state index in [1.165, 1.54) is 0 Å². The van der Waals surface area contributed by atoms with Crippen molar-refractivity contribution in [3.05, 3.63) is 29.8 Å². The molecular formula is C11H11NO2S. The van der Waals surface area contributed by atoms with Gasteiger partial charge in [-0.15, -0.1) is 0 Å². The Hall–Kier alpha value is -1.51. The van der Waals surface area contributed by atoms with E-state index in [9.17, 15) is 4.79 Å². The molecule has 0 aromatic heterocycles. The molecular weight excluding hydrogens is 210 g/mol. The van der Waals surface area contributed by atoms with E-state index in [4.69, 9.17) is 4.74 Å². The number of nitrogens with zero attached hydrogens (tertiary/aromatic N) is 1. The summed E-state index contributed by atoms with van der Waals surface area (Å²) in [5.41, 5.74) is 0.475. The molecule has 1 amide bonds. The van der Waals surface area contributed by atoms with E-state index < -0.39 is 0 Å². The molecule has 1 aromatic carbocycles. The molecule has 0 heterocycles. The number of aliphatic imine (C=N–C) groups is 1. The second-order valence-corrected chi connectivity index (χ2v) is 3.38. The molecule has 3 nitrogen and oxygen atoms in total. The molecule has 0 aliphatic carbocycles. The van der Waals surface area contributed by atoms with Crippen molar-refractivity contribution in [2.45, 2.75) is 20.0 Å². The highest BCUT2D eigenvalue weighted by molar-refractivity contribution is 7.78. The van der Waals surface area contributed by atoms with Crippen LogP contribution >= 0.6 is 12.2 Å². The van der Waals surface area contributed by atoms with Gasteiger partial charge in [0, 0.05) is 5.56 Å². The molecule has 15 heavy (non-hydrogen) atoms. The molecule has 1 aromatic rings. The van der Waals surface area contributed by atoms with Crippen LogP contribution < -0.4 is 4.74 Å². The molecule has 0 atom stereocenters. The van der Waals surface area contributed by atoms with Gasteiger partial charge in [-0.1, -0.05) is 0 Å². The van der Waals surface area contributed by atoms with Crippen LogP contribution in [0.4, 0.5) is 0 Å². The van der Waals surface area contributed by atoms with Crippen LogP contribution in [0.5, 0.6) is 5.75 Å². The zero-order valence-corrected chi connectivity index (χ0v) is 9.38. The number of carbonyl (C=O) groups is 1. The normalized spacial score (nSPS) is 9.53. The SMILES string of the molecule is CC(C)Oc1ccc(C(=O)N=C=S)cc1. The maximum absolute atomic E-state index is 11.2. The van der Waals surface area contributed by atoms with Gasteiger partial charge in [0.2, 0.25) is 0 Å².